The summed E-state index contributed by atoms with van der Waals surface area (Å²) < 4.78 is 0. The number of nitrogens with zero attached hydrogens (tertiary/aromatic N) is 2. The highest BCUT2D eigenvalue weighted by Crippen LogP contribution is 2.16. The van der Waals surface area contributed by atoms with E-state index >= 15 is 0 Å². The van der Waals surface area contributed by atoms with Crippen LogP contribution in [0.4, 0.5) is 0 Å². The van der Waals surface area contributed by atoms with Crippen molar-refractivity contribution in [3.05, 3.63) is 83.6 Å². The molecule has 1 aliphatic carbocycles. The highest BCUT2D eigenvalue weighted by Gasteiger charge is 2.01. The number of allylic oxidation sites excluding steroid dienone is 5. The zero-order chi connectivity index (χ0) is 17.4. The van der Waals surface area contributed by atoms with E-state index in [-0.39, 0.29) is 0 Å². The Morgan fingerprint density at radius 3 is 2.62 bits per heavy atom. The molecule has 0 spiro atoms. The Morgan fingerprint density at radius 1 is 1.25 bits per heavy atom. The highest BCUT2D eigenvalue weighted by atomic mass is 15.3. The van der Waals surface area contributed by atoms with Gasteiger partial charge < -0.3 is 0 Å². The maximum absolute atomic E-state index is 8.49. The van der Waals surface area contributed by atoms with Crippen LogP contribution in [0.3, 0.4) is 0 Å². The minimum absolute atomic E-state index is 0.549. The highest BCUT2D eigenvalue weighted by molar-refractivity contribution is 5.81. The van der Waals surface area contributed by atoms with Crippen LogP contribution in [0.5, 0.6) is 0 Å². The summed E-state index contributed by atoms with van der Waals surface area (Å²) in [5.41, 5.74) is 8.74. The number of rotatable bonds is 7. The van der Waals surface area contributed by atoms with Gasteiger partial charge in [-0.15, -0.1) is 0 Å². The SMILES string of the molecule is C=C(/C=C/c1ccc(C(=C)N/N=C/C2=CC=C(C)C2)cc1)NC#N. The molecule has 0 aliphatic heterocycles. The molecule has 0 amide bonds. The second-order valence-electron chi connectivity index (χ2n) is 5.50. The monoisotopic (exact) mass is 316 g/mol. The van der Waals surface area contributed by atoms with Crippen LogP contribution in [-0.4, -0.2) is 6.21 Å². The number of nitrogens with one attached hydrogen (secondary N) is 2. The zero-order valence-electron chi connectivity index (χ0n) is 13.7. The van der Waals surface area contributed by atoms with Crippen LogP contribution < -0.4 is 10.7 Å². The summed E-state index contributed by atoms with van der Waals surface area (Å²) in [4.78, 5) is 0. The van der Waals surface area contributed by atoms with Crippen LogP contribution >= 0.6 is 0 Å². The van der Waals surface area contributed by atoms with E-state index in [9.17, 15) is 0 Å². The summed E-state index contributed by atoms with van der Waals surface area (Å²) in [6, 6.07) is 7.86. The van der Waals surface area contributed by atoms with E-state index < -0.39 is 0 Å². The first-order chi connectivity index (χ1) is 11.6. The van der Waals surface area contributed by atoms with Gasteiger partial charge in [0.15, 0.2) is 6.19 Å². The molecule has 0 unspecified atom stereocenters. The van der Waals surface area contributed by atoms with E-state index in [1.54, 1.807) is 6.08 Å². The maximum atomic E-state index is 8.49. The largest absolute Gasteiger partial charge is 0.293 e. The Kier molecular flexibility index (Phi) is 5.93. The number of hydrogen-bond acceptors (Lipinski definition) is 4. The fourth-order valence-corrected chi connectivity index (χ4v) is 2.14. The summed E-state index contributed by atoms with van der Waals surface area (Å²) in [6.07, 6.45) is 12.4. The normalized spacial score (nSPS) is 13.5. The van der Waals surface area contributed by atoms with Crippen LogP contribution in [-0.2, 0) is 0 Å². The van der Waals surface area contributed by atoms with Crippen molar-refractivity contribution < 1.29 is 0 Å². The third-order valence-corrected chi connectivity index (χ3v) is 3.45. The van der Waals surface area contributed by atoms with Crippen LogP contribution in [0.1, 0.15) is 24.5 Å². The van der Waals surface area contributed by atoms with Gasteiger partial charge in [0.25, 0.3) is 0 Å². The molecule has 0 fully saturated rings. The molecular formula is C20H20N4. The van der Waals surface area contributed by atoms with Gasteiger partial charge in [-0.25, -0.2) is 0 Å². The Morgan fingerprint density at radius 2 is 2.00 bits per heavy atom. The summed E-state index contributed by atoms with van der Waals surface area (Å²) in [6.45, 7) is 9.81. The van der Waals surface area contributed by atoms with Crippen molar-refractivity contribution in [2.45, 2.75) is 13.3 Å². The Labute approximate surface area is 142 Å². The molecule has 0 saturated heterocycles. The van der Waals surface area contributed by atoms with Gasteiger partial charge in [-0.1, -0.05) is 61.2 Å². The lowest BCUT2D eigenvalue weighted by Crippen LogP contribution is -2.03. The molecule has 2 N–H and O–H groups in total. The number of benzene rings is 1. The smallest absolute Gasteiger partial charge is 0.181 e. The van der Waals surface area contributed by atoms with E-state index in [0.29, 0.717) is 5.70 Å². The van der Waals surface area contributed by atoms with Gasteiger partial charge in [0.1, 0.15) is 0 Å². The average molecular weight is 316 g/mol. The van der Waals surface area contributed by atoms with Crippen molar-refractivity contribution in [1.82, 2.24) is 10.7 Å². The fourth-order valence-electron chi connectivity index (χ4n) is 2.14. The second kappa shape index (κ2) is 8.35. The number of hydrazone groups is 1. The first kappa shape index (κ1) is 17.0. The third-order valence-electron chi connectivity index (χ3n) is 3.45. The van der Waals surface area contributed by atoms with E-state index in [4.69, 9.17) is 5.26 Å². The van der Waals surface area contributed by atoms with Crippen molar-refractivity contribution in [2.75, 3.05) is 0 Å². The maximum Gasteiger partial charge on any atom is 0.181 e. The quantitative estimate of drug-likeness (QED) is 0.262. The third kappa shape index (κ3) is 5.15. The topological polar surface area (TPSA) is 60.2 Å². The first-order valence-electron chi connectivity index (χ1n) is 7.55. The predicted molar refractivity (Wildman–Crippen MR) is 100 cm³/mol. The molecule has 4 heteroatoms. The molecule has 0 atom stereocenters. The van der Waals surface area contributed by atoms with E-state index in [1.807, 2.05) is 42.7 Å². The molecule has 0 aromatic heterocycles. The Bertz CT molecular complexity index is 784. The van der Waals surface area contributed by atoms with Gasteiger partial charge in [0.05, 0.1) is 11.9 Å². The van der Waals surface area contributed by atoms with E-state index in [2.05, 4.69) is 48.1 Å². The molecule has 4 nitrogen and oxygen atoms in total. The van der Waals surface area contributed by atoms with Crippen molar-refractivity contribution >= 4 is 18.0 Å². The van der Waals surface area contributed by atoms with Gasteiger partial charge in [-0.3, -0.25) is 10.7 Å². The molecule has 0 heterocycles. The van der Waals surface area contributed by atoms with E-state index in [1.165, 1.54) is 11.1 Å². The molecule has 2 rings (SSSR count). The lowest BCUT2D eigenvalue weighted by atomic mass is 10.1. The molecule has 24 heavy (non-hydrogen) atoms. The van der Waals surface area contributed by atoms with Gasteiger partial charge in [0.2, 0.25) is 0 Å². The lowest BCUT2D eigenvalue weighted by molar-refractivity contribution is 0.999. The van der Waals surface area contributed by atoms with Gasteiger partial charge in [-0.05, 0) is 36.1 Å². The number of hydrogen-bond donors (Lipinski definition) is 2. The molecule has 1 aromatic carbocycles. The van der Waals surface area contributed by atoms with Crippen LogP contribution in [0.25, 0.3) is 11.8 Å². The second-order valence-corrected chi connectivity index (χ2v) is 5.50. The molecule has 0 radical (unpaired) electrons. The van der Waals surface area contributed by atoms with Crippen molar-refractivity contribution in [3.63, 3.8) is 0 Å². The summed E-state index contributed by atoms with van der Waals surface area (Å²) in [5.74, 6) is 0. The van der Waals surface area contributed by atoms with Crippen molar-refractivity contribution in [2.24, 2.45) is 5.10 Å². The lowest BCUT2D eigenvalue weighted by Gasteiger charge is -2.05. The minimum Gasteiger partial charge on any atom is -0.293 e. The average Bonchev–Trinajstić information content (AvgIpc) is 2.99. The molecule has 1 aromatic rings. The van der Waals surface area contributed by atoms with E-state index in [0.717, 1.165) is 23.2 Å². The molecular weight excluding hydrogens is 296 g/mol. The molecule has 0 saturated carbocycles. The molecule has 120 valence electrons. The molecule has 0 bridgehead atoms. The molecule has 1 aliphatic rings. The summed E-state index contributed by atoms with van der Waals surface area (Å²) >= 11 is 0. The number of nitriles is 1. The van der Waals surface area contributed by atoms with Gasteiger partial charge >= 0.3 is 0 Å². The Hall–Kier alpha value is -3.32. The fraction of sp³-hybridized carbons (Fsp3) is 0.100. The Balaban J connectivity index is 1.88. The van der Waals surface area contributed by atoms with Crippen LogP contribution in [0.2, 0.25) is 0 Å². The van der Waals surface area contributed by atoms with Crippen molar-refractivity contribution in [1.29, 1.82) is 5.26 Å². The summed E-state index contributed by atoms with van der Waals surface area (Å²) in [5, 5.41) is 15.2. The standard InChI is InChI=1S/C20H20N4/c1-15-4-6-19(12-15)13-23-24-17(3)20-10-8-18(9-11-20)7-5-16(2)22-14-21/h4-11,13,22,24H,2-3,12H2,1H3/b7-5+,23-13+. The van der Waals surface area contributed by atoms with Gasteiger partial charge in [0, 0.05) is 5.70 Å². The first-order valence-corrected chi connectivity index (χ1v) is 7.55. The van der Waals surface area contributed by atoms with Crippen molar-refractivity contribution in [3.8, 4) is 6.19 Å². The predicted octanol–water partition coefficient (Wildman–Crippen LogP) is 4.11. The van der Waals surface area contributed by atoms with Gasteiger partial charge in [-0.2, -0.15) is 10.4 Å². The van der Waals surface area contributed by atoms with Crippen LogP contribution in [0, 0.1) is 11.5 Å². The van der Waals surface area contributed by atoms with Crippen LogP contribution in [0.15, 0.2) is 77.6 Å². The zero-order valence-corrected chi connectivity index (χ0v) is 13.7. The minimum atomic E-state index is 0.549. The summed E-state index contributed by atoms with van der Waals surface area (Å²) in [7, 11) is 0.